The number of aryl methyl sites for hydroxylation is 1. The molecule has 3 rings (SSSR count). The van der Waals surface area contributed by atoms with E-state index in [9.17, 15) is 19.5 Å². The normalized spacial score (nSPS) is 16.1. The first-order valence-electron chi connectivity index (χ1n) is 10.4. The maximum absolute atomic E-state index is 12.3. The highest BCUT2D eigenvalue weighted by atomic mass is 16.5. The van der Waals surface area contributed by atoms with E-state index in [0.29, 0.717) is 24.2 Å². The highest BCUT2D eigenvalue weighted by molar-refractivity contribution is 5.92. The van der Waals surface area contributed by atoms with Crippen LogP contribution in [0.3, 0.4) is 0 Å². The third kappa shape index (κ3) is 5.63. The van der Waals surface area contributed by atoms with Crippen molar-refractivity contribution >= 4 is 17.8 Å². The summed E-state index contributed by atoms with van der Waals surface area (Å²) in [5, 5.41) is 11.7. The van der Waals surface area contributed by atoms with Crippen LogP contribution in [0.25, 0.3) is 0 Å². The number of carbonyl (C=O) groups is 3. The molecule has 0 aromatic heterocycles. The number of amides is 1. The third-order valence-corrected chi connectivity index (χ3v) is 5.30. The van der Waals surface area contributed by atoms with Gasteiger partial charge in [0, 0.05) is 6.42 Å². The van der Waals surface area contributed by atoms with Crippen LogP contribution in [0.15, 0.2) is 42.5 Å². The molecule has 7 heteroatoms. The molecule has 0 saturated heterocycles. The fraction of sp³-hybridized carbons (Fsp3) is 0.375. The molecular weight excluding hydrogens is 398 g/mol. The second-order valence-electron chi connectivity index (χ2n) is 7.67. The quantitative estimate of drug-likeness (QED) is 0.596. The number of carboxylic acids is 1. The van der Waals surface area contributed by atoms with Gasteiger partial charge in [-0.05, 0) is 48.2 Å². The first kappa shape index (κ1) is 22.3. The first-order valence-corrected chi connectivity index (χ1v) is 10.4. The Morgan fingerprint density at radius 2 is 2.03 bits per heavy atom. The number of rotatable bonds is 9. The lowest BCUT2D eigenvalue weighted by atomic mass is 9.94. The van der Waals surface area contributed by atoms with E-state index in [1.807, 2.05) is 44.2 Å². The fourth-order valence-corrected chi connectivity index (χ4v) is 3.60. The van der Waals surface area contributed by atoms with E-state index < -0.39 is 17.9 Å². The number of carboxylic acid groups (broad SMARTS) is 1. The van der Waals surface area contributed by atoms with Gasteiger partial charge in [0.15, 0.2) is 6.61 Å². The smallest absolute Gasteiger partial charge is 0.339 e. The summed E-state index contributed by atoms with van der Waals surface area (Å²) in [4.78, 5) is 35.6. The maximum atomic E-state index is 12.3. The summed E-state index contributed by atoms with van der Waals surface area (Å²) in [5.74, 6) is -1.35. The standard InChI is InChI=1S/C24H27NO6/c1-3-4-9-19(23(27)28)25-22(26)14-30-20-11-10-17(12-15(20)2)21-13-16-7-5-6-8-18(16)24(29)31-21/h5-8,10-12,19,21H,3-4,9,13-14H2,1-2H3,(H,25,26)(H,27,28)/t19-,21+/m0/s1. The summed E-state index contributed by atoms with van der Waals surface area (Å²) in [7, 11) is 0. The van der Waals surface area contributed by atoms with E-state index in [2.05, 4.69) is 5.32 Å². The minimum absolute atomic E-state index is 0.276. The fourth-order valence-electron chi connectivity index (χ4n) is 3.60. The Bertz CT molecular complexity index is 970. The third-order valence-electron chi connectivity index (χ3n) is 5.30. The van der Waals surface area contributed by atoms with Crippen molar-refractivity contribution in [3.63, 3.8) is 0 Å². The Morgan fingerprint density at radius 1 is 1.26 bits per heavy atom. The van der Waals surface area contributed by atoms with Gasteiger partial charge in [-0.1, -0.05) is 44.0 Å². The lowest BCUT2D eigenvalue weighted by molar-refractivity contribution is -0.142. The van der Waals surface area contributed by atoms with Crippen LogP contribution in [0.5, 0.6) is 5.75 Å². The van der Waals surface area contributed by atoms with Crippen molar-refractivity contribution in [2.24, 2.45) is 0 Å². The largest absolute Gasteiger partial charge is 0.484 e. The van der Waals surface area contributed by atoms with Crippen molar-refractivity contribution in [3.8, 4) is 5.75 Å². The Labute approximate surface area is 181 Å². The second kappa shape index (κ2) is 10.1. The van der Waals surface area contributed by atoms with E-state index in [-0.39, 0.29) is 18.7 Å². The summed E-state index contributed by atoms with van der Waals surface area (Å²) in [6, 6.07) is 11.9. The van der Waals surface area contributed by atoms with Crippen LogP contribution >= 0.6 is 0 Å². The molecule has 0 fully saturated rings. The number of carbonyl (C=O) groups excluding carboxylic acids is 2. The molecule has 1 aliphatic heterocycles. The van der Waals surface area contributed by atoms with Crippen LogP contribution in [0.2, 0.25) is 0 Å². The van der Waals surface area contributed by atoms with Gasteiger partial charge in [-0.25, -0.2) is 9.59 Å². The molecule has 0 bridgehead atoms. The molecule has 2 aromatic rings. The zero-order chi connectivity index (χ0) is 22.4. The summed E-state index contributed by atoms with van der Waals surface area (Å²) in [6.07, 6.45) is 2.17. The Hall–Kier alpha value is -3.35. The van der Waals surface area contributed by atoms with Crippen molar-refractivity contribution in [1.29, 1.82) is 0 Å². The van der Waals surface area contributed by atoms with Crippen LogP contribution in [-0.4, -0.2) is 35.6 Å². The predicted molar refractivity (Wildman–Crippen MR) is 114 cm³/mol. The van der Waals surface area contributed by atoms with Crippen molar-refractivity contribution in [3.05, 3.63) is 64.7 Å². The number of ether oxygens (including phenoxy) is 2. The van der Waals surface area contributed by atoms with Crippen LogP contribution in [0.4, 0.5) is 0 Å². The highest BCUT2D eigenvalue weighted by Crippen LogP contribution is 2.32. The molecule has 1 heterocycles. The molecule has 1 amide bonds. The molecule has 2 aromatic carbocycles. The molecule has 7 nitrogen and oxygen atoms in total. The molecule has 2 N–H and O–H groups in total. The zero-order valence-electron chi connectivity index (χ0n) is 17.7. The topological polar surface area (TPSA) is 102 Å². The molecule has 0 saturated carbocycles. The lowest BCUT2D eigenvalue weighted by Gasteiger charge is -2.25. The zero-order valence-corrected chi connectivity index (χ0v) is 17.7. The van der Waals surface area contributed by atoms with E-state index in [0.717, 1.165) is 29.5 Å². The van der Waals surface area contributed by atoms with Gasteiger partial charge in [-0.3, -0.25) is 4.79 Å². The van der Waals surface area contributed by atoms with Crippen molar-refractivity contribution in [1.82, 2.24) is 5.32 Å². The van der Waals surface area contributed by atoms with Gasteiger partial charge < -0.3 is 19.9 Å². The molecule has 0 radical (unpaired) electrons. The van der Waals surface area contributed by atoms with Crippen molar-refractivity contribution in [2.75, 3.05) is 6.61 Å². The predicted octanol–water partition coefficient (Wildman–Crippen LogP) is 3.59. The monoisotopic (exact) mass is 425 g/mol. The molecule has 2 atom stereocenters. The number of fused-ring (bicyclic) bond motifs is 1. The number of hydrogen-bond acceptors (Lipinski definition) is 5. The number of hydrogen-bond donors (Lipinski definition) is 2. The minimum atomic E-state index is -1.05. The lowest BCUT2D eigenvalue weighted by Crippen LogP contribution is -2.42. The van der Waals surface area contributed by atoms with Crippen LogP contribution in [0.1, 0.15) is 59.3 Å². The molecule has 0 unspecified atom stereocenters. The Balaban J connectivity index is 1.60. The van der Waals surface area contributed by atoms with Crippen LogP contribution in [0, 0.1) is 6.92 Å². The molecule has 164 valence electrons. The summed E-state index contributed by atoms with van der Waals surface area (Å²) < 4.78 is 11.2. The Morgan fingerprint density at radius 3 is 2.74 bits per heavy atom. The first-order chi connectivity index (χ1) is 14.9. The molecule has 0 spiro atoms. The van der Waals surface area contributed by atoms with Gasteiger partial charge in [0.05, 0.1) is 5.56 Å². The van der Waals surface area contributed by atoms with Crippen molar-refractivity contribution in [2.45, 2.75) is 51.7 Å². The van der Waals surface area contributed by atoms with Gasteiger partial charge >= 0.3 is 11.9 Å². The van der Waals surface area contributed by atoms with E-state index in [4.69, 9.17) is 9.47 Å². The number of nitrogens with one attached hydrogen (secondary N) is 1. The SMILES string of the molecule is CCCC[C@H](NC(=O)COc1ccc([C@H]2Cc3ccccc3C(=O)O2)cc1C)C(=O)O. The number of benzene rings is 2. The van der Waals surface area contributed by atoms with Gasteiger partial charge in [0.2, 0.25) is 0 Å². The van der Waals surface area contributed by atoms with Crippen LogP contribution < -0.4 is 10.1 Å². The molecular formula is C24H27NO6. The average Bonchev–Trinajstić information content (AvgIpc) is 2.75. The van der Waals surface area contributed by atoms with Crippen LogP contribution in [-0.2, 0) is 20.7 Å². The van der Waals surface area contributed by atoms with Gasteiger partial charge in [0.1, 0.15) is 17.9 Å². The van der Waals surface area contributed by atoms with E-state index in [1.54, 1.807) is 12.1 Å². The maximum Gasteiger partial charge on any atom is 0.339 e. The highest BCUT2D eigenvalue weighted by Gasteiger charge is 2.27. The summed E-state index contributed by atoms with van der Waals surface area (Å²) >= 11 is 0. The van der Waals surface area contributed by atoms with E-state index in [1.165, 1.54) is 0 Å². The molecule has 31 heavy (non-hydrogen) atoms. The van der Waals surface area contributed by atoms with Gasteiger partial charge in [-0.2, -0.15) is 0 Å². The number of esters is 1. The number of aliphatic carboxylic acids is 1. The molecule has 1 aliphatic rings. The molecule has 0 aliphatic carbocycles. The van der Waals surface area contributed by atoms with Gasteiger partial charge in [0.25, 0.3) is 5.91 Å². The van der Waals surface area contributed by atoms with E-state index >= 15 is 0 Å². The number of unbranched alkanes of at least 4 members (excludes halogenated alkanes) is 1. The summed E-state index contributed by atoms with van der Waals surface area (Å²) in [5.41, 5.74) is 3.19. The van der Waals surface area contributed by atoms with Crippen molar-refractivity contribution < 1.29 is 29.0 Å². The average molecular weight is 425 g/mol. The minimum Gasteiger partial charge on any atom is -0.484 e. The number of cyclic esters (lactones) is 1. The van der Waals surface area contributed by atoms with Gasteiger partial charge in [-0.15, -0.1) is 0 Å². The second-order valence-corrected chi connectivity index (χ2v) is 7.67. The summed E-state index contributed by atoms with van der Waals surface area (Å²) in [6.45, 7) is 3.53. The Kier molecular flexibility index (Phi) is 7.28.